The third-order valence-corrected chi connectivity index (χ3v) is 11.0. The summed E-state index contributed by atoms with van der Waals surface area (Å²) in [6, 6.07) is 16.3. The Kier molecular flexibility index (Phi) is 11.5. The number of rotatable bonds is 10. The molecule has 3 heterocycles. The van der Waals surface area contributed by atoms with Gasteiger partial charge in [0.2, 0.25) is 0 Å². The average molecular weight is 734 g/mol. The zero-order chi connectivity index (χ0) is 38.7. The van der Waals surface area contributed by atoms with Crippen LogP contribution in [0.1, 0.15) is 51.9 Å². The fraction of sp³-hybridized carbons (Fsp3) is 0.372. The second-order valence-electron chi connectivity index (χ2n) is 14.1. The van der Waals surface area contributed by atoms with Crippen molar-refractivity contribution in [2.45, 2.75) is 46.3 Å². The molecule has 1 atom stereocenters. The molecular weight excluding hydrogens is 686 g/mol. The lowest BCUT2D eigenvalue weighted by Gasteiger charge is -2.38. The molecule has 11 heteroatoms. The number of aromatic nitrogens is 1. The van der Waals surface area contributed by atoms with Crippen LogP contribution in [0.5, 0.6) is 17.2 Å². The van der Waals surface area contributed by atoms with Crippen LogP contribution in [0.2, 0.25) is 0 Å². The van der Waals surface area contributed by atoms with Crippen molar-refractivity contribution in [1.29, 1.82) is 5.26 Å². The summed E-state index contributed by atoms with van der Waals surface area (Å²) >= 11 is 0. The van der Waals surface area contributed by atoms with Crippen molar-refractivity contribution in [1.82, 2.24) is 19.3 Å². The quantitative estimate of drug-likeness (QED) is 0.140. The Labute approximate surface area is 316 Å². The standard InChI is InChI=1S/C43H48FN5O5/c1-27-28(2)42(50)46(4)25-37(27)31-21-40(53-6)38(41(22-31)54-7)26-48-17-15-47(16-18-48)24-30-9-8-10-35-29(3)49(14-13-36(30)35)43(51)33(23-45)19-32-20-34(52-5)11-12-39(32)44/h8-12,19-22,25,29H,13-18,24,26H2,1-7H3/b33-19+. The molecule has 0 N–H and O–H groups in total. The number of hydrogen-bond acceptors (Lipinski definition) is 8. The molecule has 6 rings (SSSR count). The van der Waals surface area contributed by atoms with Gasteiger partial charge in [0.05, 0.1) is 32.9 Å². The monoisotopic (exact) mass is 733 g/mol. The van der Waals surface area contributed by atoms with Crippen molar-refractivity contribution in [3.05, 3.63) is 115 Å². The van der Waals surface area contributed by atoms with Crippen LogP contribution < -0.4 is 19.8 Å². The largest absolute Gasteiger partial charge is 0.497 e. The van der Waals surface area contributed by atoms with Gasteiger partial charge in [0.1, 0.15) is 34.7 Å². The number of nitrogens with zero attached hydrogens (tertiary/aromatic N) is 5. The maximum atomic E-state index is 14.5. The summed E-state index contributed by atoms with van der Waals surface area (Å²) in [7, 11) is 6.61. The smallest absolute Gasteiger partial charge is 0.265 e. The first-order valence-corrected chi connectivity index (χ1v) is 18.2. The molecule has 3 aromatic carbocycles. The molecule has 2 aliphatic heterocycles. The van der Waals surface area contributed by atoms with Gasteiger partial charge in [-0.15, -0.1) is 0 Å². The first kappa shape index (κ1) is 38.3. The number of hydrogen-bond donors (Lipinski definition) is 0. The summed E-state index contributed by atoms with van der Waals surface area (Å²) in [4.78, 5) is 32.7. The molecule has 1 aromatic heterocycles. The van der Waals surface area contributed by atoms with Crippen LogP contribution in [0, 0.1) is 31.0 Å². The summed E-state index contributed by atoms with van der Waals surface area (Å²) in [5.41, 5.74) is 8.13. The van der Waals surface area contributed by atoms with E-state index in [1.807, 2.05) is 51.2 Å². The molecule has 0 bridgehead atoms. The van der Waals surface area contributed by atoms with Crippen molar-refractivity contribution in [2.75, 3.05) is 54.1 Å². The zero-order valence-corrected chi connectivity index (χ0v) is 32.2. The van der Waals surface area contributed by atoms with Crippen LogP contribution in [0.25, 0.3) is 17.2 Å². The lowest BCUT2D eigenvalue weighted by atomic mass is 9.89. The molecule has 1 saturated heterocycles. The van der Waals surface area contributed by atoms with E-state index < -0.39 is 11.7 Å². The minimum atomic E-state index is -0.531. The summed E-state index contributed by atoms with van der Waals surface area (Å²) in [6.45, 7) is 11.3. The number of aryl methyl sites for hydroxylation is 1. The van der Waals surface area contributed by atoms with Crippen molar-refractivity contribution >= 4 is 12.0 Å². The van der Waals surface area contributed by atoms with Gasteiger partial charge in [-0.3, -0.25) is 19.4 Å². The van der Waals surface area contributed by atoms with Gasteiger partial charge < -0.3 is 23.7 Å². The molecule has 54 heavy (non-hydrogen) atoms. The van der Waals surface area contributed by atoms with Crippen LogP contribution in [0.3, 0.4) is 0 Å². The van der Waals surface area contributed by atoms with Gasteiger partial charge in [-0.2, -0.15) is 5.26 Å². The number of nitriles is 1. The van der Waals surface area contributed by atoms with E-state index in [2.05, 4.69) is 21.9 Å². The van der Waals surface area contributed by atoms with Gasteiger partial charge in [0.25, 0.3) is 11.5 Å². The highest BCUT2D eigenvalue weighted by atomic mass is 19.1. The van der Waals surface area contributed by atoms with Gasteiger partial charge in [-0.25, -0.2) is 4.39 Å². The number of piperazine rings is 1. The van der Waals surface area contributed by atoms with Gasteiger partial charge >= 0.3 is 0 Å². The molecule has 282 valence electrons. The lowest BCUT2D eigenvalue weighted by molar-refractivity contribution is -0.129. The second-order valence-corrected chi connectivity index (χ2v) is 14.1. The van der Waals surface area contributed by atoms with Gasteiger partial charge in [-0.1, -0.05) is 18.2 Å². The minimum Gasteiger partial charge on any atom is -0.497 e. The predicted octanol–water partition coefficient (Wildman–Crippen LogP) is 6.20. The fourth-order valence-electron chi connectivity index (χ4n) is 7.71. The number of halogens is 1. The SMILES string of the molecule is COc1ccc(F)c(/C=C(\C#N)C(=O)N2CCc3c(CN4CCN(Cc5c(OC)cc(-c6cn(C)c(=O)c(C)c6C)cc5OC)CC4)cccc3C2C)c1. The molecule has 2 aliphatic rings. The fourth-order valence-corrected chi connectivity index (χ4v) is 7.71. The van der Waals surface area contributed by atoms with Crippen molar-refractivity contribution in [3.8, 4) is 34.4 Å². The summed E-state index contributed by atoms with van der Waals surface area (Å²) in [5, 5.41) is 9.90. The first-order chi connectivity index (χ1) is 26.0. The van der Waals surface area contributed by atoms with E-state index in [0.29, 0.717) is 25.3 Å². The molecule has 0 aliphatic carbocycles. The Morgan fingerprint density at radius 1 is 0.926 bits per heavy atom. The number of amides is 1. The number of ether oxygens (including phenoxy) is 3. The molecule has 0 saturated carbocycles. The molecule has 0 spiro atoms. The summed E-state index contributed by atoms with van der Waals surface area (Å²) in [5.74, 6) is 0.994. The Morgan fingerprint density at radius 2 is 1.59 bits per heavy atom. The van der Waals surface area contributed by atoms with Gasteiger partial charge in [-0.05, 0) is 91.4 Å². The maximum Gasteiger partial charge on any atom is 0.265 e. The van der Waals surface area contributed by atoms with E-state index in [1.165, 1.54) is 42.5 Å². The first-order valence-electron chi connectivity index (χ1n) is 18.2. The Hall–Kier alpha value is -5.44. The number of pyridine rings is 1. The third-order valence-electron chi connectivity index (χ3n) is 11.0. The number of carbonyl (C=O) groups is 1. The number of fused-ring (bicyclic) bond motifs is 1. The van der Waals surface area contributed by atoms with Crippen LogP contribution in [0.4, 0.5) is 4.39 Å². The Balaban J connectivity index is 1.13. The lowest BCUT2D eigenvalue weighted by Crippen LogP contribution is -2.45. The van der Waals surface area contributed by atoms with E-state index in [-0.39, 0.29) is 22.7 Å². The van der Waals surface area contributed by atoms with E-state index in [9.17, 15) is 19.2 Å². The van der Waals surface area contributed by atoms with Crippen LogP contribution in [-0.2, 0) is 31.4 Å². The summed E-state index contributed by atoms with van der Waals surface area (Å²) < 4.78 is 33.2. The van der Waals surface area contributed by atoms with Crippen molar-refractivity contribution < 1.29 is 23.4 Å². The number of methoxy groups -OCH3 is 3. The Morgan fingerprint density at radius 3 is 2.22 bits per heavy atom. The second kappa shape index (κ2) is 16.3. The number of carbonyl (C=O) groups excluding carboxylic acids is 1. The molecule has 4 aromatic rings. The van der Waals surface area contributed by atoms with Gasteiger partial charge in [0, 0.05) is 75.7 Å². The molecule has 10 nitrogen and oxygen atoms in total. The van der Waals surface area contributed by atoms with E-state index in [0.717, 1.165) is 77.6 Å². The third kappa shape index (κ3) is 7.63. The maximum absolute atomic E-state index is 14.5. The average Bonchev–Trinajstić information content (AvgIpc) is 3.19. The topological polar surface area (TPSA) is 100 Å². The van der Waals surface area contributed by atoms with Crippen molar-refractivity contribution in [2.24, 2.45) is 7.05 Å². The van der Waals surface area contributed by atoms with E-state index >= 15 is 0 Å². The predicted molar refractivity (Wildman–Crippen MR) is 207 cm³/mol. The minimum absolute atomic E-state index is 0.00413. The zero-order valence-electron chi connectivity index (χ0n) is 32.2. The molecule has 1 unspecified atom stereocenters. The van der Waals surface area contributed by atoms with Crippen LogP contribution in [0.15, 0.2) is 65.1 Å². The highest BCUT2D eigenvalue weighted by molar-refractivity contribution is 6.02. The Bertz CT molecular complexity index is 2170. The van der Waals surface area contributed by atoms with Crippen LogP contribution >= 0.6 is 0 Å². The normalized spacial score (nSPS) is 16.5. The van der Waals surface area contributed by atoms with E-state index in [1.54, 1.807) is 30.7 Å². The van der Waals surface area contributed by atoms with Crippen LogP contribution in [-0.4, -0.2) is 79.2 Å². The summed E-state index contributed by atoms with van der Waals surface area (Å²) in [6.07, 6.45) is 3.84. The molecule has 1 fully saturated rings. The molecular formula is C43H48FN5O5. The van der Waals surface area contributed by atoms with E-state index in [4.69, 9.17) is 14.2 Å². The highest BCUT2D eigenvalue weighted by Crippen LogP contribution is 2.38. The highest BCUT2D eigenvalue weighted by Gasteiger charge is 2.31. The number of benzene rings is 3. The van der Waals surface area contributed by atoms with Gasteiger partial charge in [0.15, 0.2) is 0 Å². The van der Waals surface area contributed by atoms with Crippen molar-refractivity contribution in [3.63, 3.8) is 0 Å². The molecule has 1 amide bonds. The molecule has 0 radical (unpaired) electrons.